The molecular weight excluding hydrogens is 518 g/mol. The molecule has 0 bridgehead atoms. The van der Waals surface area contributed by atoms with E-state index >= 15 is 0 Å². The molecular formula is C26H22F2N4O5S. The van der Waals surface area contributed by atoms with E-state index in [0.29, 0.717) is 17.1 Å². The molecule has 3 aromatic carbocycles. The molecule has 0 spiro atoms. The molecule has 2 amide bonds. The zero-order chi connectivity index (χ0) is 27.6. The number of fused-ring (bicyclic) bond motifs is 1. The molecule has 4 rings (SSSR count). The largest absolute Gasteiger partial charge is 0.506 e. The number of hydrogen-bond acceptors (Lipinski definition) is 6. The second-order valence-corrected chi connectivity index (χ2v) is 10.3. The van der Waals surface area contributed by atoms with Gasteiger partial charge in [0.05, 0.1) is 15.9 Å². The van der Waals surface area contributed by atoms with Gasteiger partial charge < -0.3 is 15.4 Å². The number of para-hydroxylation sites is 2. The molecule has 196 valence electrons. The minimum absolute atomic E-state index is 0.110. The molecule has 0 aliphatic rings. The Bertz CT molecular complexity index is 1640. The number of halogens is 2. The zero-order valence-electron chi connectivity index (χ0n) is 20.1. The standard InChI is InChI=1S/C26H22F2N4O5S/c1-14(2)29-26(35)32-38(36,37)19-7-5-6-15(12-19)23(33)22(24(34)16-10-17(27)13-18(28)11-16)25-30-20-8-3-4-9-21(20)31-25/h3-14,34H,1-2H3,(H,30,31)(H2,29,32,35). The quantitative estimate of drug-likeness (QED) is 0.154. The maximum atomic E-state index is 13.9. The van der Waals surface area contributed by atoms with E-state index in [-0.39, 0.29) is 23.0 Å². The van der Waals surface area contributed by atoms with Gasteiger partial charge in [-0.1, -0.05) is 24.3 Å². The van der Waals surface area contributed by atoms with E-state index in [1.807, 2.05) is 4.72 Å². The SMILES string of the molecule is CC(C)NC(=O)NS(=O)(=O)c1cccc(C(=O)C(=C(O)c2cc(F)cc(F)c2)c2nc3ccccc3[nH]2)c1. The van der Waals surface area contributed by atoms with Crippen LogP contribution in [0.25, 0.3) is 22.4 Å². The number of ketones is 1. The predicted molar refractivity (Wildman–Crippen MR) is 137 cm³/mol. The van der Waals surface area contributed by atoms with Gasteiger partial charge in [0.15, 0.2) is 0 Å². The van der Waals surface area contributed by atoms with E-state index in [0.717, 1.165) is 18.2 Å². The van der Waals surface area contributed by atoms with Crippen LogP contribution in [0.2, 0.25) is 0 Å². The van der Waals surface area contributed by atoms with Crippen LogP contribution in [0.15, 0.2) is 71.6 Å². The van der Waals surface area contributed by atoms with Crippen molar-refractivity contribution in [3.05, 3.63) is 95.3 Å². The number of imidazole rings is 1. The van der Waals surface area contributed by atoms with Crippen molar-refractivity contribution in [2.24, 2.45) is 0 Å². The monoisotopic (exact) mass is 540 g/mol. The average molecular weight is 541 g/mol. The lowest BCUT2D eigenvalue weighted by Crippen LogP contribution is -2.42. The third kappa shape index (κ3) is 5.70. The van der Waals surface area contributed by atoms with Crippen LogP contribution >= 0.6 is 0 Å². The van der Waals surface area contributed by atoms with E-state index in [1.54, 1.807) is 38.1 Å². The van der Waals surface area contributed by atoms with Crippen LogP contribution in [-0.4, -0.2) is 41.3 Å². The first kappa shape index (κ1) is 26.5. The molecule has 9 nitrogen and oxygen atoms in total. The van der Waals surface area contributed by atoms with E-state index < -0.39 is 49.7 Å². The number of nitrogens with zero attached hydrogens (tertiary/aromatic N) is 1. The number of H-pyrrole nitrogens is 1. The Hall–Kier alpha value is -4.58. The predicted octanol–water partition coefficient (Wildman–Crippen LogP) is 4.55. The molecule has 1 aromatic heterocycles. The maximum absolute atomic E-state index is 13.9. The van der Waals surface area contributed by atoms with Gasteiger partial charge in [-0.25, -0.2) is 31.7 Å². The van der Waals surface area contributed by atoms with Crippen molar-refractivity contribution in [1.82, 2.24) is 20.0 Å². The first-order valence-corrected chi connectivity index (χ1v) is 12.8. The molecule has 1 heterocycles. The molecule has 12 heteroatoms. The van der Waals surface area contributed by atoms with Crippen LogP contribution in [-0.2, 0) is 10.0 Å². The number of rotatable bonds is 7. The first-order valence-electron chi connectivity index (χ1n) is 11.3. The third-order valence-corrected chi connectivity index (χ3v) is 6.61. The number of aliphatic hydroxyl groups is 1. The van der Waals surface area contributed by atoms with Crippen LogP contribution in [0.1, 0.15) is 35.6 Å². The lowest BCUT2D eigenvalue weighted by atomic mass is 9.98. The fourth-order valence-corrected chi connectivity index (χ4v) is 4.62. The number of allylic oxidation sites excluding steroid dienone is 1. The molecule has 0 saturated heterocycles. The fraction of sp³-hybridized carbons (Fsp3) is 0.115. The Morgan fingerprint density at radius 2 is 1.63 bits per heavy atom. The van der Waals surface area contributed by atoms with Crippen molar-refractivity contribution in [3.63, 3.8) is 0 Å². The Morgan fingerprint density at radius 3 is 2.29 bits per heavy atom. The number of Topliss-reactive ketones (excluding diaryl/α,β-unsaturated/α-hetero) is 1. The molecule has 0 aliphatic heterocycles. The highest BCUT2D eigenvalue weighted by atomic mass is 32.2. The zero-order valence-corrected chi connectivity index (χ0v) is 20.9. The maximum Gasteiger partial charge on any atom is 0.328 e. The van der Waals surface area contributed by atoms with Crippen LogP contribution < -0.4 is 10.0 Å². The highest BCUT2D eigenvalue weighted by Gasteiger charge is 2.26. The van der Waals surface area contributed by atoms with Crippen LogP contribution in [0.5, 0.6) is 0 Å². The number of amides is 2. The molecule has 0 fully saturated rings. The Balaban J connectivity index is 1.83. The van der Waals surface area contributed by atoms with Gasteiger partial charge in [0.2, 0.25) is 5.78 Å². The smallest absolute Gasteiger partial charge is 0.328 e. The normalized spacial score (nSPS) is 12.3. The summed E-state index contributed by atoms with van der Waals surface area (Å²) in [4.78, 5) is 32.5. The van der Waals surface area contributed by atoms with Gasteiger partial charge in [0.25, 0.3) is 10.0 Å². The summed E-state index contributed by atoms with van der Waals surface area (Å²) in [6, 6.07) is 12.5. The van der Waals surface area contributed by atoms with Gasteiger partial charge in [0, 0.05) is 23.2 Å². The number of carbonyl (C=O) groups excluding carboxylic acids is 2. The number of aromatic amines is 1. The third-order valence-electron chi connectivity index (χ3n) is 5.28. The van der Waals surface area contributed by atoms with E-state index in [2.05, 4.69) is 15.3 Å². The van der Waals surface area contributed by atoms with Crippen molar-refractivity contribution in [2.75, 3.05) is 0 Å². The van der Waals surface area contributed by atoms with Crippen molar-refractivity contribution in [2.45, 2.75) is 24.8 Å². The van der Waals surface area contributed by atoms with Gasteiger partial charge in [-0.05, 0) is 50.2 Å². The summed E-state index contributed by atoms with van der Waals surface area (Å²) in [5.74, 6) is -3.75. The van der Waals surface area contributed by atoms with E-state index in [1.165, 1.54) is 18.2 Å². The lowest BCUT2D eigenvalue weighted by Gasteiger charge is -2.12. The van der Waals surface area contributed by atoms with Gasteiger partial charge >= 0.3 is 6.03 Å². The van der Waals surface area contributed by atoms with Crippen LogP contribution in [0.3, 0.4) is 0 Å². The molecule has 0 saturated carbocycles. The number of aliphatic hydroxyl groups excluding tert-OH is 1. The minimum atomic E-state index is -4.37. The van der Waals surface area contributed by atoms with Gasteiger partial charge in [-0.15, -0.1) is 0 Å². The Morgan fingerprint density at radius 1 is 0.947 bits per heavy atom. The number of carbonyl (C=O) groups is 2. The van der Waals surface area contributed by atoms with Crippen LogP contribution in [0, 0.1) is 11.6 Å². The van der Waals surface area contributed by atoms with Crippen molar-refractivity contribution >= 4 is 44.2 Å². The molecule has 0 atom stereocenters. The minimum Gasteiger partial charge on any atom is -0.506 e. The fourth-order valence-electron chi connectivity index (χ4n) is 3.65. The molecule has 4 aromatic rings. The van der Waals surface area contributed by atoms with Gasteiger partial charge in [-0.3, -0.25) is 4.79 Å². The first-order chi connectivity index (χ1) is 17.9. The topological polar surface area (TPSA) is 141 Å². The van der Waals surface area contributed by atoms with E-state index in [9.17, 15) is 31.9 Å². The average Bonchev–Trinajstić information content (AvgIpc) is 3.26. The molecule has 38 heavy (non-hydrogen) atoms. The second-order valence-electron chi connectivity index (χ2n) is 8.57. The highest BCUT2D eigenvalue weighted by Crippen LogP contribution is 2.29. The second kappa shape index (κ2) is 10.4. The van der Waals surface area contributed by atoms with Crippen molar-refractivity contribution in [1.29, 1.82) is 0 Å². The summed E-state index contributed by atoms with van der Waals surface area (Å²) in [7, 11) is -4.37. The molecule has 0 aliphatic carbocycles. The number of aromatic nitrogens is 2. The van der Waals surface area contributed by atoms with Crippen molar-refractivity contribution < 1.29 is 31.9 Å². The highest BCUT2D eigenvalue weighted by molar-refractivity contribution is 7.90. The molecule has 0 radical (unpaired) electrons. The summed E-state index contributed by atoms with van der Waals surface area (Å²) < 4.78 is 55.2. The number of nitrogens with one attached hydrogen (secondary N) is 3. The van der Waals surface area contributed by atoms with Crippen LogP contribution in [0.4, 0.5) is 13.6 Å². The van der Waals surface area contributed by atoms with E-state index in [4.69, 9.17) is 0 Å². The number of urea groups is 1. The summed E-state index contributed by atoms with van der Waals surface area (Å²) in [6.07, 6.45) is 0. The summed E-state index contributed by atoms with van der Waals surface area (Å²) in [5.41, 5.74) is -0.0187. The Kier molecular flexibility index (Phi) is 7.26. The van der Waals surface area contributed by atoms with Gasteiger partial charge in [0.1, 0.15) is 28.8 Å². The number of hydrogen-bond donors (Lipinski definition) is 4. The molecule has 4 N–H and O–H groups in total. The summed E-state index contributed by atoms with van der Waals surface area (Å²) in [6.45, 7) is 3.29. The summed E-state index contributed by atoms with van der Waals surface area (Å²) in [5, 5.41) is 13.4. The Labute approximate surface area is 216 Å². The molecule has 0 unspecified atom stereocenters. The lowest BCUT2D eigenvalue weighted by molar-refractivity contribution is 0.105. The number of sulfonamides is 1. The van der Waals surface area contributed by atoms with Gasteiger partial charge in [-0.2, -0.15) is 0 Å². The van der Waals surface area contributed by atoms with Crippen molar-refractivity contribution in [3.8, 4) is 0 Å². The summed E-state index contributed by atoms with van der Waals surface area (Å²) >= 11 is 0. The number of benzene rings is 3.